The molecule has 3 N–H and O–H groups in total. The van der Waals surface area contributed by atoms with Gasteiger partial charge in [0.15, 0.2) is 0 Å². The molecule has 2 heterocycles. The van der Waals surface area contributed by atoms with Crippen molar-refractivity contribution in [3.05, 3.63) is 28.0 Å². The molecule has 2 rings (SSSR count). The predicted octanol–water partition coefficient (Wildman–Crippen LogP) is 3.20. The molecule has 2 aromatic heterocycles. The highest BCUT2D eigenvalue weighted by atomic mass is 32.1. The van der Waals surface area contributed by atoms with E-state index in [0.29, 0.717) is 5.82 Å². The number of aromatic nitrogens is 3. The number of rotatable bonds is 6. The molecule has 5 nitrogen and oxygen atoms in total. The molecule has 0 aliphatic heterocycles. The van der Waals surface area contributed by atoms with E-state index in [1.807, 2.05) is 6.20 Å². The zero-order valence-electron chi connectivity index (χ0n) is 12.2. The van der Waals surface area contributed by atoms with Gasteiger partial charge >= 0.3 is 0 Å². The van der Waals surface area contributed by atoms with Gasteiger partial charge in [-0.15, -0.1) is 11.3 Å². The van der Waals surface area contributed by atoms with Crippen LogP contribution in [0.1, 0.15) is 48.9 Å². The molecule has 0 radical (unpaired) electrons. The molecule has 0 saturated heterocycles. The van der Waals surface area contributed by atoms with Crippen LogP contribution in [0.2, 0.25) is 0 Å². The van der Waals surface area contributed by atoms with Gasteiger partial charge in [0.1, 0.15) is 22.5 Å². The first-order valence-electron chi connectivity index (χ1n) is 6.97. The third-order valence-electron chi connectivity index (χ3n) is 2.92. The summed E-state index contributed by atoms with van der Waals surface area (Å²) >= 11 is 1.73. The molecule has 20 heavy (non-hydrogen) atoms. The fraction of sp³-hybridized carbons (Fsp3) is 0.500. The van der Waals surface area contributed by atoms with Crippen LogP contribution in [0.3, 0.4) is 0 Å². The zero-order valence-corrected chi connectivity index (χ0v) is 13.0. The van der Waals surface area contributed by atoms with Gasteiger partial charge in [-0.05, 0) is 19.8 Å². The van der Waals surface area contributed by atoms with E-state index in [1.54, 1.807) is 17.4 Å². The van der Waals surface area contributed by atoms with E-state index in [1.165, 1.54) is 4.88 Å². The highest BCUT2D eigenvalue weighted by Gasteiger charge is 2.11. The van der Waals surface area contributed by atoms with Crippen molar-refractivity contribution < 1.29 is 0 Å². The molecule has 6 heteroatoms. The Hall–Kier alpha value is -1.69. The Morgan fingerprint density at radius 3 is 2.80 bits per heavy atom. The Kier molecular flexibility index (Phi) is 4.89. The maximum atomic E-state index is 5.83. The van der Waals surface area contributed by atoms with Crippen LogP contribution in [0.4, 0.5) is 11.6 Å². The first kappa shape index (κ1) is 14.7. The van der Waals surface area contributed by atoms with Crippen molar-refractivity contribution in [2.24, 2.45) is 0 Å². The largest absolute Gasteiger partial charge is 0.384 e. The Morgan fingerprint density at radius 2 is 2.15 bits per heavy atom. The highest BCUT2D eigenvalue weighted by molar-refractivity contribution is 7.11. The minimum atomic E-state index is 0.115. The van der Waals surface area contributed by atoms with Crippen molar-refractivity contribution in [2.45, 2.75) is 46.1 Å². The molecule has 1 atom stereocenters. The normalized spacial score (nSPS) is 12.3. The lowest BCUT2D eigenvalue weighted by Gasteiger charge is -2.13. The van der Waals surface area contributed by atoms with Gasteiger partial charge in [-0.2, -0.15) is 0 Å². The summed E-state index contributed by atoms with van der Waals surface area (Å²) < 4.78 is 0. The van der Waals surface area contributed by atoms with Crippen LogP contribution in [-0.2, 0) is 12.8 Å². The maximum absolute atomic E-state index is 5.83. The second-order valence-electron chi connectivity index (χ2n) is 4.73. The summed E-state index contributed by atoms with van der Waals surface area (Å²) in [7, 11) is 0. The first-order chi connectivity index (χ1) is 9.62. The highest BCUT2D eigenvalue weighted by Crippen LogP contribution is 2.23. The summed E-state index contributed by atoms with van der Waals surface area (Å²) in [5.74, 6) is 2.06. The zero-order chi connectivity index (χ0) is 14.5. The lowest BCUT2D eigenvalue weighted by Crippen LogP contribution is -2.10. The molecule has 0 saturated carbocycles. The molecule has 1 unspecified atom stereocenters. The van der Waals surface area contributed by atoms with Crippen LogP contribution in [0.15, 0.2) is 12.3 Å². The molecule has 2 aromatic rings. The Balaban J connectivity index is 2.12. The third kappa shape index (κ3) is 3.66. The fourth-order valence-corrected chi connectivity index (χ4v) is 2.76. The Labute approximate surface area is 123 Å². The number of aryl methyl sites for hydroxylation is 2. The molecule has 0 aliphatic rings. The van der Waals surface area contributed by atoms with Gasteiger partial charge in [-0.1, -0.05) is 13.8 Å². The summed E-state index contributed by atoms with van der Waals surface area (Å²) in [6.07, 6.45) is 4.80. The van der Waals surface area contributed by atoms with E-state index in [-0.39, 0.29) is 6.04 Å². The molecule has 0 aliphatic carbocycles. The van der Waals surface area contributed by atoms with Crippen molar-refractivity contribution in [1.82, 2.24) is 15.0 Å². The fourth-order valence-electron chi connectivity index (χ4n) is 1.90. The van der Waals surface area contributed by atoms with Crippen LogP contribution in [0, 0.1) is 0 Å². The van der Waals surface area contributed by atoms with Gasteiger partial charge in [0.05, 0.1) is 6.04 Å². The molecule has 0 bridgehead atoms. The van der Waals surface area contributed by atoms with Gasteiger partial charge in [-0.25, -0.2) is 15.0 Å². The minimum Gasteiger partial charge on any atom is -0.384 e. The summed E-state index contributed by atoms with van der Waals surface area (Å²) in [5.41, 5.74) is 5.83. The minimum absolute atomic E-state index is 0.115. The summed E-state index contributed by atoms with van der Waals surface area (Å²) in [5, 5.41) is 4.42. The van der Waals surface area contributed by atoms with E-state index < -0.39 is 0 Å². The third-order valence-corrected chi connectivity index (χ3v) is 4.24. The molecular weight excluding hydrogens is 270 g/mol. The topological polar surface area (TPSA) is 76.7 Å². The molecule has 108 valence electrons. The van der Waals surface area contributed by atoms with E-state index in [9.17, 15) is 0 Å². The average molecular weight is 291 g/mol. The molecular formula is C14H21N5S. The molecule has 0 spiro atoms. The van der Waals surface area contributed by atoms with Crippen molar-refractivity contribution in [3.63, 3.8) is 0 Å². The van der Waals surface area contributed by atoms with Crippen LogP contribution in [0.5, 0.6) is 0 Å². The van der Waals surface area contributed by atoms with E-state index >= 15 is 0 Å². The summed E-state index contributed by atoms with van der Waals surface area (Å²) in [6.45, 7) is 6.32. The monoisotopic (exact) mass is 291 g/mol. The standard InChI is InChI=1S/C14H21N5S/c1-4-6-12-18-11(15)7-13(19-12)17-9(3)14-16-8-10(5-2)20-14/h7-9H,4-6H2,1-3H3,(H3,15,17,18,19). The SMILES string of the molecule is CCCc1nc(N)cc(NC(C)c2ncc(CC)s2)n1. The molecule has 0 amide bonds. The van der Waals surface area contributed by atoms with Gasteiger partial charge in [0.25, 0.3) is 0 Å². The van der Waals surface area contributed by atoms with Crippen molar-refractivity contribution in [2.75, 3.05) is 11.1 Å². The second kappa shape index (κ2) is 6.65. The molecule has 0 aromatic carbocycles. The van der Waals surface area contributed by atoms with E-state index in [4.69, 9.17) is 5.73 Å². The number of nitrogens with zero attached hydrogens (tertiary/aromatic N) is 3. The number of thiazole rings is 1. The van der Waals surface area contributed by atoms with Crippen LogP contribution >= 0.6 is 11.3 Å². The van der Waals surface area contributed by atoms with Gasteiger partial charge in [-0.3, -0.25) is 0 Å². The van der Waals surface area contributed by atoms with Crippen LogP contribution in [0.25, 0.3) is 0 Å². The second-order valence-corrected chi connectivity index (χ2v) is 5.88. The lowest BCUT2D eigenvalue weighted by atomic mass is 10.3. The quantitative estimate of drug-likeness (QED) is 0.854. The number of hydrogen-bond acceptors (Lipinski definition) is 6. The number of nitrogens with one attached hydrogen (secondary N) is 1. The number of anilines is 2. The van der Waals surface area contributed by atoms with E-state index in [0.717, 1.165) is 35.9 Å². The van der Waals surface area contributed by atoms with Crippen LogP contribution in [-0.4, -0.2) is 15.0 Å². The Morgan fingerprint density at radius 1 is 1.35 bits per heavy atom. The summed E-state index contributed by atoms with van der Waals surface area (Å²) in [4.78, 5) is 14.5. The Bertz CT molecular complexity index is 566. The molecule has 0 fully saturated rings. The summed E-state index contributed by atoms with van der Waals surface area (Å²) in [6, 6.07) is 1.88. The van der Waals surface area contributed by atoms with Crippen molar-refractivity contribution in [3.8, 4) is 0 Å². The smallest absolute Gasteiger partial charge is 0.133 e. The van der Waals surface area contributed by atoms with Crippen LogP contribution < -0.4 is 11.1 Å². The van der Waals surface area contributed by atoms with Crippen molar-refractivity contribution >= 4 is 23.0 Å². The number of nitrogen functional groups attached to an aromatic ring is 1. The number of hydrogen-bond donors (Lipinski definition) is 2. The number of nitrogens with two attached hydrogens (primary N) is 1. The van der Waals surface area contributed by atoms with Gasteiger partial charge < -0.3 is 11.1 Å². The van der Waals surface area contributed by atoms with Crippen molar-refractivity contribution in [1.29, 1.82) is 0 Å². The predicted molar refractivity (Wildman–Crippen MR) is 84.0 cm³/mol. The first-order valence-corrected chi connectivity index (χ1v) is 7.78. The van der Waals surface area contributed by atoms with Gasteiger partial charge in [0, 0.05) is 23.6 Å². The average Bonchev–Trinajstić information content (AvgIpc) is 2.87. The maximum Gasteiger partial charge on any atom is 0.133 e. The van der Waals surface area contributed by atoms with E-state index in [2.05, 4.69) is 41.0 Å². The lowest BCUT2D eigenvalue weighted by molar-refractivity contribution is 0.818. The van der Waals surface area contributed by atoms with Gasteiger partial charge in [0.2, 0.25) is 0 Å².